The van der Waals surface area contributed by atoms with Crippen molar-refractivity contribution in [2.75, 3.05) is 0 Å². The maximum absolute atomic E-state index is 5.18. The summed E-state index contributed by atoms with van der Waals surface area (Å²) in [5.74, 6) is 0.613. The fourth-order valence-corrected chi connectivity index (χ4v) is 5.65. The van der Waals surface area contributed by atoms with E-state index in [0.717, 1.165) is 18.5 Å². The molecule has 0 bridgehead atoms. The van der Waals surface area contributed by atoms with Gasteiger partial charge in [-0.2, -0.15) is 0 Å². The molecule has 1 aromatic heterocycles. The van der Waals surface area contributed by atoms with Crippen LogP contribution in [0.4, 0.5) is 0 Å². The maximum atomic E-state index is 5.18. The van der Waals surface area contributed by atoms with Gasteiger partial charge in [-0.25, -0.2) is 0 Å². The first kappa shape index (κ1) is 21.8. The van der Waals surface area contributed by atoms with Gasteiger partial charge in [-0.05, 0) is 89.1 Å². The van der Waals surface area contributed by atoms with E-state index in [2.05, 4.69) is 113 Å². The Bertz CT molecular complexity index is 1570. The smallest absolute Gasteiger partial charge is 0.0784 e. The van der Waals surface area contributed by atoms with E-state index in [0.29, 0.717) is 5.92 Å². The number of nitrogens with zero attached hydrogens (tertiary/aromatic N) is 1. The van der Waals surface area contributed by atoms with E-state index < -0.39 is 0 Å². The molecule has 1 heterocycles. The van der Waals surface area contributed by atoms with Gasteiger partial charge in [0.05, 0.1) is 5.69 Å². The zero-order valence-electron chi connectivity index (χ0n) is 21.0. The topological polar surface area (TPSA) is 12.9 Å². The van der Waals surface area contributed by atoms with Gasteiger partial charge in [0.1, 0.15) is 0 Å². The van der Waals surface area contributed by atoms with Crippen LogP contribution in [0.25, 0.3) is 44.3 Å². The van der Waals surface area contributed by atoms with Gasteiger partial charge in [0.2, 0.25) is 0 Å². The summed E-state index contributed by atoms with van der Waals surface area (Å²) in [7, 11) is 0. The Morgan fingerprint density at radius 3 is 2.29 bits per heavy atom. The first-order valence-electron chi connectivity index (χ1n) is 12.7. The quantitative estimate of drug-likeness (QED) is 0.259. The van der Waals surface area contributed by atoms with Crippen molar-refractivity contribution in [1.82, 2.24) is 4.98 Å². The standard InChI is InChI=1S/C34H31N/c1-21(2)15-24-11-14-28-32(18-24)34(35-20-33(28)25-12-9-22(3)10-13-25)31-17-23(4)16-29-27-8-6-5-7-26(27)19-30(29)31/h5-14,16-18,20-21H,15,19H2,1-4H3. The Labute approximate surface area is 208 Å². The average Bonchev–Trinajstić information content (AvgIpc) is 3.22. The molecule has 0 N–H and O–H groups in total. The molecule has 0 spiro atoms. The fraction of sp³-hybridized carbons (Fsp3) is 0.206. The molecule has 0 aliphatic heterocycles. The Morgan fingerprint density at radius 2 is 1.49 bits per heavy atom. The van der Waals surface area contributed by atoms with Gasteiger partial charge in [0, 0.05) is 22.7 Å². The Kier molecular flexibility index (Phi) is 5.29. The summed E-state index contributed by atoms with van der Waals surface area (Å²) in [5, 5.41) is 2.53. The third-order valence-electron chi connectivity index (χ3n) is 7.28. The normalized spacial score (nSPS) is 12.3. The van der Waals surface area contributed by atoms with E-state index in [1.165, 1.54) is 66.4 Å². The van der Waals surface area contributed by atoms with Crippen molar-refractivity contribution in [3.05, 3.63) is 113 Å². The Balaban J connectivity index is 1.61. The van der Waals surface area contributed by atoms with Gasteiger partial charge >= 0.3 is 0 Å². The van der Waals surface area contributed by atoms with Crippen molar-refractivity contribution in [2.45, 2.75) is 40.5 Å². The van der Waals surface area contributed by atoms with Crippen molar-refractivity contribution in [3.63, 3.8) is 0 Å². The first-order chi connectivity index (χ1) is 17.0. The van der Waals surface area contributed by atoms with Crippen LogP contribution in [0.15, 0.2) is 85.1 Å². The largest absolute Gasteiger partial charge is 0.255 e. The van der Waals surface area contributed by atoms with Gasteiger partial charge in [-0.3, -0.25) is 4.98 Å². The number of hydrogen-bond acceptors (Lipinski definition) is 1. The number of aryl methyl sites for hydroxylation is 2. The third kappa shape index (κ3) is 3.86. The number of pyridine rings is 1. The molecular formula is C34H31N. The number of benzene rings is 4. The molecule has 1 nitrogen and oxygen atoms in total. The highest BCUT2D eigenvalue weighted by Crippen LogP contribution is 2.44. The van der Waals surface area contributed by atoms with E-state index in [1.54, 1.807) is 0 Å². The lowest BCUT2D eigenvalue weighted by atomic mass is 9.90. The molecule has 0 saturated carbocycles. The summed E-state index contributed by atoms with van der Waals surface area (Å²) in [6, 6.07) is 29.3. The summed E-state index contributed by atoms with van der Waals surface area (Å²) in [6.07, 6.45) is 4.12. The summed E-state index contributed by atoms with van der Waals surface area (Å²) < 4.78 is 0. The third-order valence-corrected chi connectivity index (χ3v) is 7.28. The zero-order valence-corrected chi connectivity index (χ0v) is 21.0. The van der Waals surface area contributed by atoms with E-state index in [-0.39, 0.29) is 0 Å². The second-order valence-corrected chi connectivity index (χ2v) is 10.5. The molecule has 0 amide bonds. The van der Waals surface area contributed by atoms with Crippen LogP contribution in [0.5, 0.6) is 0 Å². The Hall–Kier alpha value is -3.71. The number of fused-ring (bicyclic) bond motifs is 4. The van der Waals surface area contributed by atoms with Crippen LogP contribution in [0.1, 0.15) is 41.7 Å². The van der Waals surface area contributed by atoms with Gasteiger partial charge in [-0.15, -0.1) is 0 Å². The molecule has 1 heteroatoms. The van der Waals surface area contributed by atoms with Gasteiger partial charge < -0.3 is 0 Å². The van der Waals surface area contributed by atoms with E-state index in [4.69, 9.17) is 4.98 Å². The fourth-order valence-electron chi connectivity index (χ4n) is 5.65. The molecule has 0 unspecified atom stereocenters. The van der Waals surface area contributed by atoms with Gasteiger partial charge in [0.15, 0.2) is 0 Å². The molecule has 35 heavy (non-hydrogen) atoms. The molecule has 4 aromatic carbocycles. The molecule has 0 atom stereocenters. The minimum absolute atomic E-state index is 0.613. The molecule has 1 aliphatic carbocycles. The average molecular weight is 454 g/mol. The summed E-state index contributed by atoms with van der Waals surface area (Å²) in [5.41, 5.74) is 14.3. The minimum atomic E-state index is 0.613. The summed E-state index contributed by atoms with van der Waals surface area (Å²) in [6.45, 7) is 8.92. The predicted octanol–water partition coefficient (Wildman–Crippen LogP) is 8.96. The van der Waals surface area contributed by atoms with Crippen LogP contribution < -0.4 is 0 Å². The highest BCUT2D eigenvalue weighted by Gasteiger charge is 2.24. The van der Waals surface area contributed by atoms with Crippen LogP contribution >= 0.6 is 0 Å². The highest BCUT2D eigenvalue weighted by atomic mass is 14.7. The maximum Gasteiger partial charge on any atom is 0.0784 e. The van der Waals surface area contributed by atoms with Crippen LogP contribution in [0, 0.1) is 19.8 Å². The lowest BCUT2D eigenvalue weighted by Crippen LogP contribution is -1.98. The second kappa shape index (κ2) is 8.50. The van der Waals surface area contributed by atoms with Crippen LogP contribution in [0.2, 0.25) is 0 Å². The molecule has 6 rings (SSSR count). The van der Waals surface area contributed by atoms with Crippen LogP contribution in [-0.4, -0.2) is 4.98 Å². The van der Waals surface area contributed by atoms with E-state index in [1.807, 2.05) is 0 Å². The minimum Gasteiger partial charge on any atom is -0.255 e. The Morgan fingerprint density at radius 1 is 0.714 bits per heavy atom. The highest BCUT2D eigenvalue weighted by molar-refractivity contribution is 6.04. The first-order valence-corrected chi connectivity index (χ1v) is 12.7. The van der Waals surface area contributed by atoms with Crippen molar-refractivity contribution >= 4 is 10.8 Å². The second-order valence-electron chi connectivity index (χ2n) is 10.5. The van der Waals surface area contributed by atoms with Crippen LogP contribution in [-0.2, 0) is 12.8 Å². The molecule has 0 fully saturated rings. The molecule has 1 aliphatic rings. The van der Waals surface area contributed by atoms with Gasteiger partial charge in [-0.1, -0.05) is 86.1 Å². The molecule has 5 aromatic rings. The van der Waals surface area contributed by atoms with Crippen molar-refractivity contribution < 1.29 is 0 Å². The number of hydrogen-bond donors (Lipinski definition) is 0. The molecular weight excluding hydrogens is 422 g/mol. The van der Waals surface area contributed by atoms with Crippen molar-refractivity contribution in [3.8, 4) is 33.5 Å². The summed E-state index contributed by atoms with van der Waals surface area (Å²) in [4.78, 5) is 5.18. The van der Waals surface area contributed by atoms with Crippen molar-refractivity contribution in [1.29, 1.82) is 0 Å². The predicted molar refractivity (Wildman–Crippen MR) is 149 cm³/mol. The lowest BCUT2D eigenvalue weighted by molar-refractivity contribution is 0.648. The van der Waals surface area contributed by atoms with E-state index in [9.17, 15) is 0 Å². The lowest BCUT2D eigenvalue weighted by Gasteiger charge is -2.16. The monoisotopic (exact) mass is 453 g/mol. The van der Waals surface area contributed by atoms with Crippen molar-refractivity contribution in [2.24, 2.45) is 5.92 Å². The van der Waals surface area contributed by atoms with E-state index >= 15 is 0 Å². The number of rotatable bonds is 4. The van der Waals surface area contributed by atoms with Crippen LogP contribution in [0.3, 0.4) is 0 Å². The molecule has 172 valence electrons. The SMILES string of the molecule is Cc1ccc(-c2cnc(-c3cc(C)cc4c3Cc3ccccc3-4)c3cc(CC(C)C)ccc23)cc1. The molecule has 0 radical (unpaired) electrons. The zero-order chi connectivity index (χ0) is 24.1. The number of aromatic nitrogens is 1. The summed E-state index contributed by atoms with van der Waals surface area (Å²) >= 11 is 0. The van der Waals surface area contributed by atoms with Gasteiger partial charge in [0.25, 0.3) is 0 Å². The molecule has 0 saturated heterocycles.